The van der Waals surface area contributed by atoms with E-state index in [1.165, 1.54) is 0 Å². The van der Waals surface area contributed by atoms with Gasteiger partial charge in [-0.3, -0.25) is 10.8 Å². The third-order valence-corrected chi connectivity index (χ3v) is 1.97. The van der Waals surface area contributed by atoms with Gasteiger partial charge in [0.2, 0.25) is 0 Å². The van der Waals surface area contributed by atoms with E-state index in [-0.39, 0.29) is 5.92 Å². The summed E-state index contributed by atoms with van der Waals surface area (Å²) in [5.74, 6) is 1.28. The molecule has 4 nitrogen and oxygen atoms in total. The third kappa shape index (κ3) is 1.82. The van der Waals surface area contributed by atoms with Gasteiger partial charge in [-0.05, 0) is 0 Å². The average molecular weight is 168 g/mol. The predicted molar refractivity (Wildman–Crippen MR) is 49.9 cm³/mol. The molecule has 0 aromatic heterocycles. The van der Waals surface area contributed by atoms with Crippen LogP contribution in [0.2, 0.25) is 0 Å². The lowest BCUT2D eigenvalue weighted by Gasteiger charge is -2.31. The maximum Gasteiger partial charge on any atom is 0.115 e. The van der Waals surface area contributed by atoms with Gasteiger partial charge in [0, 0.05) is 19.0 Å². The summed E-state index contributed by atoms with van der Waals surface area (Å²) < 4.78 is 0. The molecule has 1 heterocycles. The third-order valence-electron chi connectivity index (χ3n) is 1.97. The minimum atomic E-state index is 0.212. The molecule has 0 amide bonds. The molecule has 0 saturated carbocycles. The second-order valence-corrected chi connectivity index (χ2v) is 3.32. The fourth-order valence-corrected chi connectivity index (χ4v) is 1.21. The molecule has 68 valence electrons. The van der Waals surface area contributed by atoms with Crippen molar-refractivity contribution < 1.29 is 0 Å². The van der Waals surface area contributed by atoms with E-state index >= 15 is 0 Å². The Kier molecular flexibility index (Phi) is 2.81. The Bertz CT molecular complexity index is 197. The highest BCUT2D eigenvalue weighted by atomic mass is 15.3. The van der Waals surface area contributed by atoms with Crippen molar-refractivity contribution >= 4 is 11.7 Å². The molecule has 0 aromatic rings. The van der Waals surface area contributed by atoms with Crippen molar-refractivity contribution in [2.24, 2.45) is 5.92 Å². The van der Waals surface area contributed by atoms with Crippen LogP contribution < -0.4 is 5.32 Å². The van der Waals surface area contributed by atoms with E-state index in [4.69, 9.17) is 10.8 Å². The van der Waals surface area contributed by atoms with Crippen molar-refractivity contribution in [3.8, 4) is 0 Å². The molecule has 1 aliphatic rings. The number of hydrogen-bond donors (Lipinski definition) is 3. The zero-order valence-corrected chi connectivity index (χ0v) is 7.65. The van der Waals surface area contributed by atoms with Crippen LogP contribution in [0.3, 0.4) is 0 Å². The van der Waals surface area contributed by atoms with Crippen molar-refractivity contribution in [2.45, 2.75) is 13.8 Å². The lowest BCUT2D eigenvalue weighted by Crippen LogP contribution is -2.51. The summed E-state index contributed by atoms with van der Waals surface area (Å²) in [7, 11) is 0. The van der Waals surface area contributed by atoms with E-state index < -0.39 is 0 Å². The molecule has 0 radical (unpaired) electrons. The summed E-state index contributed by atoms with van der Waals surface area (Å²) in [6.45, 7) is 6.19. The van der Waals surface area contributed by atoms with Gasteiger partial charge >= 0.3 is 0 Å². The van der Waals surface area contributed by atoms with Crippen LogP contribution in [0.5, 0.6) is 0 Å². The molecule has 4 heteroatoms. The van der Waals surface area contributed by atoms with Crippen LogP contribution in [0.1, 0.15) is 13.8 Å². The first kappa shape index (κ1) is 9.19. The first-order valence-corrected chi connectivity index (χ1v) is 4.27. The molecule has 1 fully saturated rings. The van der Waals surface area contributed by atoms with Crippen molar-refractivity contribution in [1.29, 1.82) is 10.8 Å². The second kappa shape index (κ2) is 3.67. The number of nitrogens with zero attached hydrogens (tertiary/aromatic N) is 1. The first-order chi connectivity index (χ1) is 5.63. The Morgan fingerprint density at radius 3 is 2.75 bits per heavy atom. The summed E-state index contributed by atoms with van der Waals surface area (Å²) in [5.41, 5.74) is 0. The molecule has 1 saturated heterocycles. The Labute approximate surface area is 73.0 Å². The number of amidine groups is 2. The second-order valence-electron chi connectivity index (χ2n) is 3.32. The van der Waals surface area contributed by atoms with Crippen LogP contribution in [0.4, 0.5) is 0 Å². The monoisotopic (exact) mass is 168 g/mol. The van der Waals surface area contributed by atoms with Gasteiger partial charge in [0.05, 0.1) is 6.54 Å². The Morgan fingerprint density at radius 2 is 2.25 bits per heavy atom. The summed E-state index contributed by atoms with van der Waals surface area (Å²) in [4.78, 5) is 1.78. The Balaban J connectivity index is 2.60. The van der Waals surface area contributed by atoms with E-state index in [0.29, 0.717) is 18.2 Å². The molecular formula is C8H16N4. The van der Waals surface area contributed by atoms with Crippen molar-refractivity contribution in [1.82, 2.24) is 10.2 Å². The van der Waals surface area contributed by atoms with E-state index in [0.717, 1.165) is 13.1 Å². The van der Waals surface area contributed by atoms with E-state index in [2.05, 4.69) is 5.32 Å². The van der Waals surface area contributed by atoms with Crippen molar-refractivity contribution in [3.63, 3.8) is 0 Å². The number of hydrogen-bond acceptors (Lipinski definition) is 3. The highest BCUT2D eigenvalue weighted by molar-refractivity contribution is 6.00. The normalized spacial score (nSPS) is 18.6. The molecule has 0 aromatic carbocycles. The summed E-state index contributed by atoms with van der Waals surface area (Å²) in [5, 5.41) is 18.4. The van der Waals surface area contributed by atoms with Gasteiger partial charge in [-0.15, -0.1) is 0 Å². The SMILES string of the molecule is CC(C)C(=N)N1CCNCC1=N. The van der Waals surface area contributed by atoms with Crippen LogP contribution in [-0.2, 0) is 0 Å². The molecule has 0 atom stereocenters. The summed E-state index contributed by atoms with van der Waals surface area (Å²) >= 11 is 0. The van der Waals surface area contributed by atoms with Crippen LogP contribution in [0.25, 0.3) is 0 Å². The number of nitrogens with one attached hydrogen (secondary N) is 3. The van der Waals surface area contributed by atoms with Gasteiger partial charge in [0.1, 0.15) is 11.7 Å². The molecule has 3 N–H and O–H groups in total. The van der Waals surface area contributed by atoms with E-state index in [1.54, 1.807) is 4.90 Å². The molecule has 1 aliphatic heterocycles. The fourth-order valence-electron chi connectivity index (χ4n) is 1.21. The fraction of sp³-hybridized carbons (Fsp3) is 0.750. The minimum absolute atomic E-state index is 0.212. The van der Waals surface area contributed by atoms with Gasteiger partial charge in [-0.1, -0.05) is 13.8 Å². The topological polar surface area (TPSA) is 63.0 Å². The number of rotatable bonds is 1. The summed E-state index contributed by atoms with van der Waals surface area (Å²) in [6, 6.07) is 0. The Hall–Kier alpha value is -0.900. The maximum absolute atomic E-state index is 7.73. The predicted octanol–water partition coefficient (Wildman–Crippen LogP) is 0.502. The van der Waals surface area contributed by atoms with Gasteiger partial charge in [0.25, 0.3) is 0 Å². The summed E-state index contributed by atoms with van der Waals surface area (Å²) in [6.07, 6.45) is 0. The standard InChI is InChI=1S/C8H16N4/c1-6(2)8(10)12-4-3-11-5-7(12)9/h6,9-11H,3-5H2,1-2H3. The maximum atomic E-state index is 7.73. The van der Waals surface area contributed by atoms with Crippen molar-refractivity contribution in [3.05, 3.63) is 0 Å². The quantitative estimate of drug-likeness (QED) is 0.394. The van der Waals surface area contributed by atoms with Gasteiger partial charge in [0.15, 0.2) is 0 Å². The molecule has 0 unspecified atom stereocenters. The van der Waals surface area contributed by atoms with Crippen LogP contribution in [0.15, 0.2) is 0 Å². The molecule has 0 aliphatic carbocycles. The van der Waals surface area contributed by atoms with Gasteiger partial charge in [-0.25, -0.2) is 0 Å². The zero-order chi connectivity index (χ0) is 9.14. The smallest absolute Gasteiger partial charge is 0.115 e. The average Bonchev–Trinajstić information content (AvgIpc) is 2.04. The minimum Gasteiger partial charge on any atom is -0.316 e. The zero-order valence-electron chi connectivity index (χ0n) is 7.65. The van der Waals surface area contributed by atoms with E-state index in [9.17, 15) is 0 Å². The van der Waals surface area contributed by atoms with Crippen molar-refractivity contribution in [2.75, 3.05) is 19.6 Å². The first-order valence-electron chi connectivity index (χ1n) is 4.27. The van der Waals surface area contributed by atoms with E-state index in [1.807, 2.05) is 13.8 Å². The molecular weight excluding hydrogens is 152 g/mol. The molecule has 1 rings (SSSR count). The Morgan fingerprint density at radius 1 is 1.58 bits per heavy atom. The highest BCUT2D eigenvalue weighted by Gasteiger charge is 2.19. The van der Waals surface area contributed by atoms with Crippen LogP contribution in [0, 0.1) is 16.7 Å². The highest BCUT2D eigenvalue weighted by Crippen LogP contribution is 2.04. The van der Waals surface area contributed by atoms with Gasteiger partial charge in [-0.2, -0.15) is 0 Å². The molecule has 12 heavy (non-hydrogen) atoms. The lowest BCUT2D eigenvalue weighted by molar-refractivity contribution is 0.490. The largest absolute Gasteiger partial charge is 0.316 e. The van der Waals surface area contributed by atoms with Gasteiger partial charge < -0.3 is 10.2 Å². The lowest BCUT2D eigenvalue weighted by atomic mass is 10.1. The molecule has 0 bridgehead atoms. The van der Waals surface area contributed by atoms with Crippen LogP contribution in [-0.4, -0.2) is 36.2 Å². The number of piperazine rings is 1. The molecule has 0 spiro atoms. The van der Waals surface area contributed by atoms with Crippen LogP contribution >= 0.6 is 0 Å².